The molecule has 0 fully saturated rings. The number of ether oxygens (including phenoxy) is 2. The first kappa shape index (κ1) is 19.0. The molecule has 0 aliphatic heterocycles. The number of nitrogens with zero attached hydrogens (tertiary/aromatic N) is 2. The molecular weight excluding hydrogens is 414 g/mol. The number of aromatic nitrogens is 2. The number of benzene rings is 1. The number of aryl methyl sites for hydroxylation is 1. The van der Waals surface area contributed by atoms with Crippen LogP contribution in [-0.2, 0) is 19.7 Å². The number of carbonyl (C=O) groups is 1. The van der Waals surface area contributed by atoms with Crippen molar-refractivity contribution >= 4 is 21.8 Å². The SMILES string of the molecule is CCn1cc(Br)c(CNC(=O)c2ccc(COc3cccc(OC)c3)o2)n1. The van der Waals surface area contributed by atoms with Crippen LogP contribution in [0, 0.1) is 0 Å². The van der Waals surface area contributed by atoms with Gasteiger partial charge in [0.2, 0.25) is 0 Å². The van der Waals surface area contributed by atoms with Crippen molar-refractivity contribution in [3.8, 4) is 11.5 Å². The molecule has 3 rings (SSSR count). The summed E-state index contributed by atoms with van der Waals surface area (Å²) in [5, 5.41) is 7.17. The van der Waals surface area contributed by atoms with Gasteiger partial charge in [-0.15, -0.1) is 0 Å². The summed E-state index contributed by atoms with van der Waals surface area (Å²) in [7, 11) is 1.60. The Morgan fingerprint density at radius 2 is 2.11 bits per heavy atom. The predicted octanol–water partition coefficient (Wildman–Crippen LogP) is 3.78. The fourth-order valence-electron chi connectivity index (χ4n) is 2.39. The molecule has 0 radical (unpaired) electrons. The first-order chi connectivity index (χ1) is 13.1. The average Bonchev–Trinajstić information content (AvgIpc) is 3.31. The van der Waals surface area contributed by atoms with Gasteiger partial charge in [-0.2, -0.15) is 5.10 Å². The minimum absolute atomic E-state index is 0.215. The predicted molar refractivity (Wildman–Crippen MR) is 103 cm³/mol. The van der Waals surface area contributed by atoms with Crippen molar-refractivity contribution < 1.29 is 18.7 Å². The van der Waals surface area contributed by atoms with E-state index >= 15 is 0 Å². The second-order valence-corrected chi connectivity index (χ2v) is 6.55. The van der Waals surface area contributed by atoms with E-state index in [1.807, 2.05) is 31.3 Å². The van der Waals surface area contributed by atoms with Gasteiger partial charge in [0.15, 0.2) is 5.76 Å². The lowest BCUT2D eigenvalue weighted by molar-refractivity contribution is 0.0918. The maximum absolute atomic E-state index is 12.3. The van der Waals surface area contributed by atoms with Gasteiger partial charge < -0.3 is 19.2 Å². The molecule has 0 unspecified atom stereocenters. The van der Waals surface area contributed by atoms with Crippen molar-refractivity contribution in [2.45, 2.75) is 26.6 Å². The maximum atomic E-state index is 12.3. The van der Waals surface area contributed by atoms with E-state index in [0.717, 1.165) is 16.7 Å². The maximum Gasteiger partial charge on any atom is 0.287 e. The lowest BCUT2D eigenvalue weighted by Gasteiger charge is -2.06. The highest BCUT2D eigenvalue weighted by Gasteiger charge is 2.13. The van der Waals surface area contributed by atoms with Crippen molar-refractivity contribution in [3.05, 3.63) is 64.3 Å². The molecule has 27 heavy (non-hydrogen) atoms. The number of halogens is 1. The van der Waals surface area contributed by atoms with Crippen LogP contribution in [0.25, 0.3) is 0 Å². The molecule has 2 heterocycles. The molecule has 2 aromatic heterocycles. The molecule has 0 bridgehead atoms. The summed E-state index contributed by atoms with van der Waals surface area (Å²) >= 11 is 3.44. The highest BCUT2D eigenvalue weighted by molar-refractivity contribution is 9.10. The molecule has 7 nitrogen and oxygen atoms in total. The first-order valence-electron chi connectivity index (χ1n) is 8.44. The number of methoxy groups -OCH3 is 1. The van der Waals surface area contributed by atoms with Crippen molar-refractivity contribution in [3.63, 3.8) is 0 Å². The van der Waals surface area contributed by atoms with E-state index in [0.29, 0.717) is 23.8 Å². The zero-order valence-electron chi connectivity index (χ0n) is 15.1. The van der Waals surface area contributed by atoms with Gasteiger partial charge in [0.25, 0.3) is 5.91 Å². The zero-order valence-corrected chi connectivity index (χ0v) is 16.7. The molecule has 0 aliphatic carbocycles. The number of carbonyl (C=O) groups excluding carboxylic acids is 1. The third-order valence-electron chi connectivity index (χ3n) is 3.84. The van der Waals surface area contributed by atoms with Crippen LogP contribution in [0.15, 0.2) is 51.5 Å². The van der Waals surface area contributed by atoms with Gasteiger partial charge in [-0.1, -0.05) is 6.07 Å². The van der Waals surface area contributed by atoms with Crippen LogP contribution in [0.5, 0.6) is 11.5 Å². The number of hydrogen-bond acceptors (Lipinski definition) is 5. The Balaban J connectivity index is 1.54. The fourth-order valence-corrected chi connectivity index (χ4v) is 2.85. The molecular formula is C19H20BrN3O4. The number of hydrogen-bond donors (Lipinski definition) is 1. The van der Waals surface area contributed by atoms with Crippen molar-refractivity contribution in [2.75, 3.05) is 7.11 Å². The Bertz CT molecular complexity index is 919. The van der Waals surface area contributed by atoms with Crippen molar-refractivity contribution in [2.24, 2.45) is 0 Å². The summed E-state index contributed by atoms with van der Waals surface area (Å²) in [5.41, 5.74) is 0.762. The second kappa shape index (κ2) is 8.77. The Morgan fingerprint density at radius 1 is 1.30 bits per heavy atom. The van der Waals surface area contributed by atoms with Crippen LogP contribution < -0.4 is 14.8 Å². The third-order valence-corrected chi connectivity index (χ3v) is 4.50. The molecule has 0 spiro atoms. The molecule has 8 heteroatoms. The monoisotopic (exact) mass is 433 g/mol. The first-order valence-corrected chi connectivity index (χ1v) is 9.24. The van der Waals surface area contributed by atoms with E-state index in [-0.39, 0.29) is 18.3 Å². The van der Waals surface area contributed by atoms with Crippen molar-refractivity contribution in [1.82, 2.24) is 15.1 Å². The van der Waals surface area contributed by atoms with E-state index in [4.69, 9.17) is 13.9 Å². The van der Waals surface area contributed by atoms with E-state index < -0.39 is 0 Å². The Kier molecular flexibility index (Phi) is 6.18. The van der Waals surface area contributed by atoms with Gasteiger partial charge in [-0.25, -0.2) is 0 Å². The van der Waals surface area contributed by atoms with Gasteiger partial charge >= 0.3 is 0 Å². The van der Waals surface area contributed by atoms with Gasteiger partial charge in [-0.05, 0) is 47.1 Å². The highest BCUT2D eigenvalue weighted by atomic mass is 79.9. The minimum Gasteiger partial charge on any atom is -0.497 e. The second-order valence-electron chi connectivity index (χ2n) is 5.70. The number of furan rings is 1. The lowest BCUT2D eigenvalue weighted by Crippen LogP contribution is -2.22. The van der Waals surface area contributed by atoms with Crippen LogP contribution >= 0.6 is 15.9 Å². The summed E-state index contributed by atoms with van der Waals surface area (Å²) < 4.78 is 19.0. The molecule has 142 valence electrons. The van der Waals surface area contributed by atoms with Gasteiger partial charge in [0.05, 0.1) is 23.8 Å². The largest absolute Gasteiger partial charge is 0.497 e. The lowest BCUT2D eigenvalue weighted by atomic mass is 10.3. The number of amides is 1. The van der Waals surface area contributed by atoms with E-state index in [1.54, 1.807) is 30.0 Å². The summed E-state index contributed by atoms with van der Waals surface area (Å²) in [6.07, 6.45) is 1.88. The van der Waals surface area contributed by atoms with Gasteiger partial charge in [-0.3, -0.25) is 9.48 Å². The molecule has 1 amide bonds. The number of rotatable bonds is 8. The van der Waals surface area contributed by atoms with E-state index in [9.17, 15) is 4.79 Å². The molecule has 0 aliphatic rings. The third kappa shape index (κ3) is 4.91. The molecule has 0 saturated carbocycles. The summed E-state index contributed by atoms with van der Waals surface area (Å²) in [4.78, 5) is 12.3. The average molecular weight is 434 g/mol. The van der Waals surface area contributed by atoms with Crippen LogP contribution in [0.2, 0.25) is 0 Å². The van der Waals surface area contributed by atoms with Crippen LogP contribution in [-0.4, -0.2) is 22.8 Å². The van der Waals surface area contributed by atoms with E-state index in [1.165, 1.54) is 0 Å². The summed E-state index contributed by atoms with van der Waals surface area (Å²) in [5.74, 6) is 1.85. The van der Waals surface area contributed by atoms with Crippen LogP contribution in [0.3, 0.4) is 0 Å². The number of nitrogens with one attached hydrogen (secondary N) is 1. The topological polar surface area (TPSA) is 78.5 Å². The van der Waals surface area contributed by atoms with Crippen molar-refractivity contribution in [1.29, 1.82) is 0 Å². The molecule has 1 aromatic carbocycles. The van der Waals surface area contributed by atoms with Gasteiger partial charge in [0, 0.05) is 18.8 Å². The standard InChI is InChI=1S/C19H20BrN3O4/c1-3-23-11-16(20)17(22-23)10-21-19(24)18-8-7-15(27-18)12-26-14-6-4-5-13(9-14)25-2/h4-9,11H,3,10,12H2,1-2H3,(H,21,24). The highest BCUT2D eigenvalue weighted by Crippen LogP contribution is 2.20. The summed E-state index contributed by atoms with van der Waals surface area (Å²) in [6.45, 7) is 3.29. The smallest absolute Gasteiger partial charge is 0.287 e. The molecule has 3 aromatic rings. The Hall–Kier alpha value is -2.74. The fraction of sp³-hybridized carbons (Fsp3) is 0.263. The minimum atomic E-state index is -0.305. The Morgan fingerprint density at radius 3 is 2.85 bits per heavy atom. The normalized spacial score (nSPS) is 10.6. The quantitative estimate of drug-likeness (QED) is 0.584. The van der Waals surface area contributed by atoms with Gasteiger partial charge in [0.1, 0.15) is 23.9 Å². The van der Waals surface area contributed by atoms with E-state index in [2.05, 4.69) is 26.3 Å². The Labute approximate surface area is 165 Å². The van der Waals surface area contributed by atoms with Crippen LogP contribution in [0.4, 0.5) is 0 Å². The molecule has 1 N–H and O–H groups in total. The molecule has 0 atom stereocenters. The van der Waals surface area contributed by atoms with Crippen LogP contribution in [0.1, 0.15) is 28.9 Å². The summed E-state index contributed by atoms with van der Waals surface area (Å²) in [6, 6.07) is 10.6. The molecule has 0 saturated heterocycles. The zero-order chi connectivity index (χ0) is 19.2.